The molecule has 0 spiro atoms. The Hall–Kier alpha value is -1.70. The second kappa shape index (κ2) is 9.30. The molecule has 0 radical (unpaired) electrons. The van der Waals surface area contributed by atoms with Gasteiger partial charge in [0.25, 0.3) is 5.91 Å². The number of carbonyl (C=O) groups is 1. The van der Waals surface area contributed by atoms with Gasteiger partial charge in [-0.1, -0.05) is 25.4 Å². The summed E-state index contributed by atoms with van der Waals surface area (Å²) in [7, 11) is 0. The summed E-state index contributed by atoms with van der Waals surface area (Å²) in [6.45, 7) is 4.69. The van der Waals surface area contributed by atoms with Crippen molar-refractivity contribution in [3.8, 4) is 5.75 Å². The van der Waals surface area contributed by atoms with Crippen molar-refractivity contribution in [3.63, 3.8) is 0 Å². The molecule has 2 aromatic rings. The summed E-state index contributed by atoms with van der Waals surface area (Å²) < 4.78 is 19.5. The Morgan fingerprint density at radius 2 is 2.04 bits per heavy atom. The van der Waals surface area contributed by atoms with Crippen LogP contribution in [-0.2, 0) is 0 Å². The van der Waals surface area contributed by atoms with E-state index in [2.05, 4.69) is 40.4 Å². The quantitative estimate of drug-likeness (QED) is 0.588. The Labute approximate surface area is 170 Å². The van der Waals surface area contributed by atoms with Gasteiger partial charge in [-0.25, -0.2) is 4.39 Å². The average Bonchev–Trinajstić information content (AvgIpc) is 2.56. The molecule has 0 saturated carbocycles. The number of nitrogens with one attached hydrogen (secondary N) is 2. The highest BCUT2D eigenvalue weighted by atomic mass is 79.9. The fourth-order valence-electron chi connectivity index (χ4n) is 1.93. The number of carbonyl (C=O) groups excluding carboxylic acids is 1. The van der Waals surface area contributed by atoms with E-state index in [1.165, 1.54) is 18.2 Å². The fraction of sp³-hybridized carbons (Fsp3) is 0.222. The van der Waals surface area contributed by atoms with Gasteiger partial charge in [-0.15, -0.1) is 0 Å². The minimum absolute atomic E-state index is 0.0370. The minimum atomic E-state index is -0.531. The molecule has 0 aliphatic rings. The molecular weight excluding hydrogens is 443 g/mol. The van der Waals surface area contributed by atoms with E-state index >= 15 is 0 Å². The number of amides is 1. The molecule has 2 aromatic carbocycles. The summed E-state index contributed by atoms with van der Waals surface area (Å²) in [4.78, 5) is 12.3. The number of benzene rings is 2. The van der Waals surface area contributed by atoms with E-state index in [1.54, 1.807) is 18.2 Å². The van der Waals surface area contributed by atoms with Crippen LogP contribution in [0.5, 0.6) is 5.75 Å². The Balaban J connectivity index is 1.99. The Morgan fingerprint density at radius 3 is 2.65 bits per heavy atom. The predicted molar refractivity (Wildman–Crippen MR) is 110 cm³/mol. The number of hydrogen-bond acceptors (Lipinski definition) is 3. The van der Waals surface area contributed by atoms with Gasteiger partial charge in [-0.3, -0.25) is 10.1 Å². The van der Waals surface area contributed by atoms with Gasteiger partial charge in [0.2, 0.25) is 0 Å². The second-order valence-electron chi connectivity index (χ2n) is 5.89. The highest BCUT2D eigenvalue weighted by Gasteiger charge is 2.12. The van der Waals surface area contributed by atoms with Crippen molar-refractivity contribution in [2.45, 2.75) is 13.8 Å². The molecular formula is C18H17BrClFN2O2S. The van der Waals surface area contributed by atoms with E-state index in [0.717, 1.165) is 0 Å². The molecule has 0 unspecified atom stereocenters. The molecule has 0 aromatic heterocycles. The Morgan fingerprint density at radius 1 is 1.31 bits per heavy atom. The SMILES string of the molecule is CC(C)COc1ccc(C(=O)NC(=S)Nc2ccc(F)c(Cl)c2)cc1Br. The van der Waals surface area contributed by atoms with E-state index in [9.17, 15) is 9.18 Å². The standard InChI is InChI=1S/C18H17BrClFN2O2S/c1-10(2)9-25-16-6-3-11(7-13(16)19)17(24)23-18(26)22-12-4-5-15(21)14(20)8-12/h3-8,10H,9H2,1-2H3,(H2,22,23,24,26). The first-order valence-electron chi connectivity index (χ1n) is 7.76. The highest BCUT2D eigenvalue weighted by molar-refractivity contribution is 9.10. The lowest BCUT2D eigenvalue weighted by Crippen LogP contribution is -2.34. The molecule has 0 atom stereocenters. The number of hydrogen-bond donors (Lipinski definition) is 2. The molecule has 4 nitrogen and oxygen atoms in total. The zero-order valence-electron chi connectivity index (χ0n) is 14.1. The first-order valence-corrected chi connectivity index (χ1v) is 9.34. The second-order valence-corrected chi connectivity index (χ2v) is 7.56. The van der Waals surface area contributed by atoms with Crippen LogP contribution in [0.3, 0.4) is 0 Å². The zero-order chi connectivity index (χ0) is 19.3. The Bertz CT molecular complexity index is 833. The van der Waals surface area contributed by atoms with Crippen molar-refractivity contribution in [1.82, 2.24) is 5.32 Å². The molecule has 0 fully saturated rings. The summed E-state index contributed by atoms with van der Waals surface area (Å²) in [6, 6.07) is 9.08. The van der Waals surface area contributed by atoms with Gasteiger partial charge in [0.1, 0.15) is 11.6 Å². The van der Waals surface area contributed by atoms with Gasteiger partial charge < -0.3 is 10.1 Å². The molecule has 0 heterocycles. The van der Waals surface area contributed by atoms with Crippen molar-refractivity contribution in [1.29, 1.82) is 0 Å². The summed E-state index contributed by atoms with van der Waals surface area (Å²) >= 11 is 14.2. The van der Waals surface area contributed by atoms with Crippen LogP contribution in [0.1, 0.15) is 24.2 Å². The summed E-state index contributed by atoms with van der Waals surface area (Å²) in [5.41, 5.74) is 0.885. The maximum Gasteiger partial charge on any atom is 0.257 e. The maximum absolute atomic E-state index is 13.2. The van der Waals surface area contributed by atoms with Crippen LogP contribution >= 0.6 is 39.7 Å². The van der Waals surface area contributed by atoms with Crippen LogP contribution in [0.4, 0.5) is 10.1 Å². The molecule has 0 bridgehead atoms. The molecule has 8 heteroatoms. The fourth-order valence-corrected chi connectivity index (χ4v) is 2.81. The van der Waals surface area contributed by atoms with Crippen LogP contribution in [0, 0.1) is 11.7 Å². The molecule has 2 rings (SSSR count). The lowest BCUT2D eigenvalue weighted by molar-refractivity contribution is 0.0977. The first kappa shape index (κ1) is 20.6. The number of halogens is 3. The van der Waals surface area contributed by atoms with Crippen LogP contribution in [0.2, 0.25) is 5.02 Å². The van der Waals surface area contributed by atoms with E-state index in [4.69, 9.17) is 28.6 Å². The number of anilines is 1. The summed E-state index contributed by atoms with van der Waals surface area (Å²) in [5.74, 6) is 0.147. The van der Waals surface area contributed by atoms with Crippen LogP contribution in [0.15, 0.2) is 40.9 Å². The predicted octanol–water partition coefficient (Wildman–Crippen LogP) is 5.40. The largest absolute Gasteiger partial charge is 0.492 e. The number of rotatable bonds is 5. The van der Waals surface area contributed by atoms with Crippen molar-refractivity contribution in [3.05, 3.63) is 57.3 Å². The lowest BCUT2D eigenvalue weighted by atomic mass is 10.2. The van der Waals surface area contributed by atoms with Gasteiger partial charge in [-0.05, 0) is 70.5 Å². The van der Waals surface area contributed by atoms with E-state index in [1.807, 2.05) is 0 Å². The maximum atomic E-state index is 13.2. The zero-order valence-corrected chi connectivity index (χ0v) is 17.3. The van der Waals surface area contributed by atoms with Gasteiger partial charge >= 0.3 is 0 Å². The number of thiocarbonyl (C=S) groups is 1. The average molecular weight is 460 g/mol. The molecule has 0 saturated heterocycles. The van der Waals surface area contributed by atoms with E-state index < -0.39 is 5.82 Å². The van der Waals surface area contributed by atoms with E-state index in [0.29, 0.717) is 34.0 Å². The summed E-state index contributed by atoms with van der Waals surface area (Å²) in [5, 5.41) is 5.38. The van der Waals surface area contributed by atoms with Crippen molar-refractivity contribution >= 4 is 56.5 Å². The third-order valence-corrected chi connectivity index (χ3v) is 4.28. The van der Waals surface area contributed by atoms with Gasteiger partial charge in [0.15, 0.2) is 5.11 Å². The van der Waals surface area contributed by atoms with Crippen LogP contribution in [-0.4, -0.2) is 17.6 Å². The van der Waals surface area contributed by atoms with Gasteiger partial charge in [0, 0.05) is 11.3 Å². The molecule has 2 N–H and O–H groups in total. The lowest BCUT2D eigenvalue weighted by Gasteiger charge is -2.12. The smallest absolute Gasteiger partial charge is 0.257 e. The molecule has 0 aliphatic heterocycles. The van der Waals surface area contributed by atoms with Crippen LogP contribution in [0.25, 0.3) is 0 Å². The Kier molecular flexibility index (Phi) is 7.37. The highest BCUT2D eigenvalue weighted by Crippen LogP contribution is 2.26. The van der Waals surface area contributed by atoms with Gasteiger partial charge in [0.05, 0.1) is 16.1 Å². The molecule has 138 valence electrons. The van der Waals surface area contributed by atoms with Crippen molar-refractivity contribution < 1.29 is 13.9 Å². The van der Waals surface area contributed by atoms with Crippen molar-refractivity contribution in [2.75, 3.05) is 11.9 Å². The summed E-state index contributed by atoms with van der Waals surface area (Å²) in [6.07, 6.45) is 0. The number of ether oxygens (including phenoxy) is 1. The molecule has 0 aliphatic carbocycles. The van der Waals surface area contributed by atoms with Crippen LogP contribution < -0.4 is 15.4 Å². The topological polar surface area (TPSA) is 50.4 Å². The minimum Gasteiger partial charge on any atom is -0.492 e. The van der Waals surface area contributed by atoms with Crippen molar-refractivity contribution in [2.24, 2.45) is 5.92 Å². The van der Waals surface area contributed by atoms with E-state index in [-0.39, 0.29) is 16.0 Å². The normalized spacial score (nSPS) is 10.5. The molecule has 1 amide bonds. The molecule has 26 heavy (non-hydrogen) atoms. The first-order chi connectivity index (χ1) is 12.3. The third-order valence-electron chi connectivity index (χ3n) is 3.17. The monoisotopic (exact) mass is 458 g/mol. The third kappa shape index (κ3) is 5.93. The van der Waals surface area contributed by atoms with Gasteiger partial charge in [-0.2, -0.15) is 0 Å².